The van der Waals surface area contributed by atoms with E-state index in [-0.39, 0.29) is 29.6 Å². The summed E-state index contributed by atoms with van der Waals surface area (Å²) in [4.78, 5) is 20.5. The summed E-state index contributed by atoms with van der Waals surface area (Å²) < 4.78 is 3.72. The number of aliphatic hydroxyl groups is 4. The van der Waals surface area contributed by atoms with E-state index < -0.39 is 43.1 Å². The molecule has 3 atom stereocenters. The van der Waals surface area contributed by atoms with Crippen molar-refractivity contribution in [3.8, 4) is 0 Å². The Bertz CT molecular complexity index is 258. The molecule has 0 heterocycles. The minimum absolute atomic E-state index is 0. The van der Waals surface area contributed by atoms with Crippen LogP contribution in [0.4, 0.5) is 4.79 Å². The minimum Gasteiger partial charge on any atom is -0.570 e. The molecule has 0 aromatic rings. The SMILES string of the molecule is O=C(O)O[C-](C(=O)O)[C@@H](O)[C@H](O)[C@H](O)CO.[Na+]. The molecule has 0 bridgehead atoms. The van der Waals surface area contributed by atoms with Gasteiger partial charge in [-0.1, -0.05) is 6.10 Å². The van der Waals surface area contributed by atoms with Crippen LogP contribution in [0.3, 0.4) is 0 Å². The van der Waals surface area contributed by atoms with Crippen LogP contribution in [-0.4, -0.2) is 67.7 Å². The van der Waals surface area contributed by atoms with Crippen molar-refractivity contribution in [1.82, 2.24) is 0 Å². The van der Waals surface area contributed by atoms with Crippen molar-refractivity contribution in [2.45, 2.75) is 18.3 Å². The van der Waals surface area contributed by atoms with Gasteiger partial charge in [0.25, 0.3) is 0 Å². The first-order valence-electron chi connectivity index (χ1n) is 3.97. The number of carboxylic acid groups (broad SMARTS) is 2. The van der Waals surface area contributed by atoms with Crippen LogP contribution in [0.5, 0.6) is 0 Å². The van der Waals surface area contributed by atoms with Gasteiger partial charge in [0.05, 0.1) is 12.7 Å². The predicted octanol–water partition coefficient (Wildman–Crippen LogP) is -5.62. The Morgan fingerprint density at radius 1 is 1.18 bits per heavy atom. The second-order valence-corrected chi connectivity index (χ2v) is 2.72. The molecule has 6 N–H and O–H groups in total. The van der Waals surface area contributed by atoms with E-state index in [1.807, 2.05) is 0 Å². The second kappa shape index (κ2) is 8.53. The van der Waals surface area contributed by atoms with Crippen LogP contribution < -0.4 is 29.6 Å². The van der Waals surface area contributed by atoms with E-state index in [1.165, 1.54) is 0 Å². The molecule has 0 rings (SSSR count). The summed E-state index contributed by atoms with van der Waals surface area (Å²) in [5, 5.41) is 52.2. The molecule has 0 aromatic carbocycles. The van der Waals surface area contributed by atoms with Gasteiger partial charge in [-0.05, 0) is 0 Å². The molecule has 0 radical (unpaired) electrons. The first-order chi connectivity index (χ1) is 7.31. The molecular weight excluding hydrogens is 251 g/mol. The van der Waals surface area contributed by atoms with E-state index in [1.54, 1.807) is 0 Å². The number of aliphatic hydroxyl groups excluding tert-OH is 4. The zero-order valence-corrected chi connectivity index (χ0v) is 10.8. The van der Waals surface area contributed by atoms with Crippen LogP contribution in [0.1, 0.15) is 0 Å². The summed E-state index contributed by atoms with van der Waals surface area (Å²) in [5.41, 5.74) is 0. The third kappa shape index (κ3) is 6.07. The van der Waals surface area contributed by atoms with Crippen molar-refractivity contribution in [2.24, 2.45) is 0 Å². The van der Waals surface area contributed by atoms with Gasteiger partial charge in [-0.15, -0.1) is 0 Å². The van der Waals surface area contributed by atoms with E-state index in [0.717, 1.165) is 0 Å². The summed E-state index contributed by atoms with van der Waals surface area (Å²) in [5.74, 6) is -1.92. The average molecular weight is 262 g/mol. The van der Waals surface area contributed by atoms with Crippen molar-refractivity contribution in [3.05, 3.63) is 6.10 Å². The van der Waals surface area contributed by atoms with E-state index in [9.17, 15) is 14.7 Å². The van der Waals surface area contributed by atoms with E-state index in [2.05, 4.69) is 4.74 Å². The van der Waals surface area contributed by atoms with Gasteiger partial charge in [0.1, 0.15) is 6.10 Å². The third-order valence-corrected chi connectivity index (χ3v) is 1.58. The maximum absolute atomic E-state index is 10.5. The van der Waals surface area contributed by atoms with Gasteiger partial charge >= 0.3 is 35.7 Å². The topological polar surface area (TPSA) is 165 Å². The Hall–Kier alpha value is -0.550. The fourth-order valence-electron chi connectivity index (χ4n) is 0.798. The molecule has 0 aromatic heterocycles. The van der Waals surface area contributed by atoms with Crippen LogP contribution >= 0.6 is 0 Å². The van der Waals surface area contributed by atoms with Gasteiger partial charge in [0.2, 0.25) is 5.97 Å². The molecule has 0 aliphatic carbocycles. The zero-order chi connectivity index (χ0) is 12.9. The summed E-state index contributed by atoms with van der Waals surface area (Å²) >= 11 is 0. The molecule has 10 heteroatoms. The van der Waals surface area contributed by atoms with E-state index in [4.69, 9.17) is 25.5 Å². The number of carboxylic acids is 1. The molecule has 0 unspecified atom stereocenters. The molecule has 94 valence electrons. The Labute approximate surface area is 118 Å². The Kier molecular flexibility index (Phi) is 9.43. The summed E-state index contributed by atoms with van der Waals surface area (Å²) in [6.07, 6.45) is -9.57. The van der Waals surface area contributed by atoms with Crippen molar-refractivity contribution in [3.63, 3.8) is 0 Å². The third-order valence-electron chi connectivity index (χ3n) is 1.58. The van der Waals surface area contributed by atoms with Crippen molar-refractivity contribution >= 4 is 12.1 Å². The Morgan fingerprint density at radius 2 is 1.65 bits per heavy atom. The molecule has 0 saturated heterocycles. The molecule has 0 amide bonds. The van der Waals surface area contributed by atoms with Crippen LogP contribution in [0.15, 0.2) is 0 Å². The number of hydrogen-bond acceptors (Lipinski definition) is 7. The molecule has 0 spiro atoms. The van der Waals surface area contributed by atoms with Gasteiger partial charge < -0.3 is 35.4 Å². The van der Waals surface area contributed by atoms with Crippen molar-refractivity contribution < 1.29 is 74.5 Å². The Morgan fingerprint density at radius 3 is 1.94 bits per heavy atom. The maximum atomic E-state index is 10.5. The molecule has 0 aliphatic rings. The fraction of sp³-hybridized carbons (Fsp3) is 0.571. The zero-order valence-electron chi connectivity index (χ0n) is 8.85. The van der Waals surface area contributed by atoms with Crippen LogP contribution in [0.25, 0.3) is 0 Å². The van der Waals surface area contributed by atoms with Gasteiger partial charge in [-0.3, -0.25) is 4.79 Å². The van der Waals surface area contributed by atoms with Crippen molar-refractivity contribution in [1.29, 1.82) is 0 Å². The van der Waals surface area contributed by atoms with E-state index in [0.29, 0.717) is 0 Å². The molecule has 9 nitrogen and oxygen atoms in total. The molecular formula is C7H11NaO9. The normalized spacial score (nSPS) is 15.1. The van der Waals surface area contributed by atoms with E-state index >= 15 is 0 Å². The quantitative estimate of drug-likeness (QED) is 0.155. The number of carbonyl (C=O) groups is 2. The summed E-state index contributed by atoms with van der Waals surface area (Å²) in [7, 11) is 0. The second-order valence-electron chi connectivity index (χ2n) is 2.72. The van der Waals surface area contributed by atoms with Crippen LogP contribution in [0, 0.1) is 6.10 Å². The predicted molar refractivity (Wildman–Crippen MR) is 45.1 cm³/mol. The number of rotatable bonds is 6. The van der Waals surface area contributed by atoms with Crippen LogP contribution in [-0.2, 0) is 9.53 Å². The molecule has 0 aliphatic heterocycles. The summed E-state index contributed by atoms with van der Waals surface area (Å²) in [6, 6.07) is 0. The largest absolute Gasteiger partial charge is 1.00 e. The molecule has 0 fully saturated rings. The monoisotopic (exact) mass is 262 g/mol. The Balaban J connectivity index is 0. The van der Waals surface area contributed by atoms with Gasteiger partial charge in [-0.25, -0.2) is 4.79 Å². The first-order valence-corrected chi connectivity index (χ1v) is 3.97. The maximum Gasteiger partial charge on any atom is 1.00 e. The van der Waals surface area contributed by atoms with Crippen LogP contribution in [0.2, 0.25) is 0 Å². The van der Waals surface area contributed by atoms with Gasteiger partial charge in [0.15, 0.2) is 0 Å². The fourth-order valence-corrected chi connectivity index (χ4v) is 0.798. The smallest absolute Gasteiger partial charge is 0.570 e. The minimum atomic E-state index is -2.28. The number of ether oxygens (including phenoxy) is 1. The average Bonchev–Trinajstić information content (AvgIpc) is 2.22. The molecule has 17 heavy (non-hydrogen) atoms. The summed E-state index contributed by atoms with van der Waals surface area (Å²) in [6.45, 7) is -0.946. The number of aliphatic carboxylic acids is 1. The first kappa shape index (κ1) is 18.8. The van der Waals surface area contributed by atoms with Crippen molar-refractivity contribution in [2.75, 3.05) is 6.61 Å². The molecule has 0 saturated carbocycles. The van der Waals surface area contributed by atoms with Gasteiger partial charge in [0, 0.05) is 6.10 Å². The standard InChI is InChI=1S/C7H11O9.Na/c8-1-2(9)3(10)4(11)5(6(12)13)16-7(14)15;/h2-4,8-11H,1H2,(H,12,13)(H,14,15);/q-1;+1/t2-,3-,4+;/m1./s1. The number of hydrogen-bond donors (Lipinski definition) is 6. The van der Waals surface area contributed by atoms with Gasteiger partial charge in [-0.2, -0.15) is 0 Å².